The van der Waals surface area contributed by atoms with Crippen LogP contribution >= 0.6 is 0 Å². The molecule has 25 heavy (non-hydrogen) atoms. The lowest BCUT2D eigenvalue weighted by molar-refractivity contribution is -0.141. The van der Waals surface area contributed by atoms with Crippen LogP contribution in [0.15, 0.2) is 0 Å². The summed E-state index contributed by atoms with van der Waals surface area (Å²) in [5.41, 5.74) is -1.25. The minimum absolute atomic E-state index is 0.0935. The highest BCUT2D eigenvalue weighted by Gasteiger charge is 2.39. The molecular formula is C17H30N2O6. The van der Waals surface area contributed by atoms with Gasteiger partial charge in [-0.05, 0) is 41.5 Å². The van der Waals surface area contributed by atoms with Crippen LogP contribution in [0, 0.1) is 5.92 Å². The predicted octanol–water partition coefficient (Wildman–Crippen LogP) is 2.31. The molecule has 0 radical (unpaired) electrons. The van der Waals surface area contributed by atoms with Gasteiger partial charge in [0, 0.05) is 19.0 Å². The van der Waals surface area contributed by atoms with Crippen LogP contribution in [-0.4, -0.2) is 60.5 Å². The molecule has 144 valence electrons. The van der Waals surface area contributed by atoms with Crippen molar-refractivity contribution in [1.82, 2.24) is 10.2 Å². The topological polar surface area (TPSA) is 94.2 Å². The fourth-order valence-electron chi connectivity index (χ4n) is 2.47. The molecule has 0 bridgehead atoms. The molecule has 0 unspecified atom stereocenters. The Morgan fingerprint density at radius 3 is 2.04 bits per heavy atom. The number of amides is 2. The number of hydrogen-bond donors (Lipinski definition) is 1. The SMILES string of the molecule is COC(=O)C[C@H]1CN(C(=O)OC(C)(C)C)C[C@H]1NC(=O)OC(C)(C)C. The maximum Gasteiger partial charge on any atom is 0.410 e. The van der Waals surface area contributed by atoms with E-state index in [1.807, 2.05) is 0 Å². The smallest absolute Gasteiger partial charge is 0.410 e. The number of carbonyl (C=O) groups is 3. The Kier molecular flexibility index (Phi) is 6.68. The van der Waals surface area contributed by atoms with E-state index < -0.39 is 35.4 Å². The van der Waals surface area contributed by atoms with Gasteiger partial charge in [-0.3, -0.25) is 4.79 Å². The third kappa shape index (κ3) is 7.62. The molecule has 2 atom stereocenters. The summed E-state index contributed by atoms with van der Waals surface area (Å²) >= 11 is 0. The first kappa shape index (κ1) is 21.1. The van der Waals surface area contributed by atoms with Crippen LogP contribution in [0.2, 0.25) is 0 Å². The lowest BCUT2D eigenvalue weighted by Crippen LogP contribution is -2.44. The van der Waals surface area contributed by atoms with Gasteiger partial charge in [-0.1, -0.05) is 0 Å². The first-order valence-electron chi connectivity index (χ1n) is 8.35. The molecule has 1 saturated heterocycles. The molecule has 0 aromatic carbocycles. The van der Waals surface area contributed by atoms with Gasteiger partial charge < -0.3 is 24.4 Å². The molecule has 1 N–H and O–H groups in total. The molecule has 0 aromatic heterocycles. The van der Waals surface area contributed by atoms with Crippen molar-refractivity contribution in [3.8, 4) is 0 Å². The molecule has 0 aromatic rings. The number of methoxy groups -OCH3 is 1. The number of esters is 1. The monoisotopic (exact) mass is 358 g/mol. The summed E-state index contributed by atoms with van der Waals surface area (Å²) < 4.78 is 15.3. The molecule has 0 saturated carbocycles. The second-order valence-electron chi connectivity index (χ2n) is 8.18. The second-order valence-corrected chi connectivity index (χ2v) is 8.18. The fourth-order valence-corrected chi connectivity index (χ4v) is 2.47. The zero-order chi connectivity index (χ0) is 19.4. The predicted molar refractivity (Wildman–Crippen MR) is 91.1 cm³/mol. The molecule has 1 aliphatic heterocycles. The van der Waals surface area contributed by atoms with Gasteiger partial charge in [0.2, 0.25) is 0 Å². The first-order valence-corrected chi connectivity index (χ1v) is 8.35. The largest absolute Gasteiger partial charge is 0.469 e. The fraction of sp³-hybridized carbons (Fsp3) is 0.824. The number of nitrogens with zero attached hydrogens (tertiary/aromatic N) is 1. The van der Waals surface area contributed by atoms with E-state index in [2.05, 4.69) is 5.32 Å². The van der Waals surface area contributed by atoms with E-state index in [1.54, 1.807) is 41.5 Å². The number of alkyl carbamates (subject to hydrolysis) is 1. The van der Waals surface area contributed by atoms with Crippen molar-refractivity contribution in [2.24, 2.45) is 5.92 Å². The molecule has 0 aliphatic carbocycles. The van der Waals surface area contributed by atoms with Crippen LogP contribution < -0.4 is 5.32 Å². The van der Waals surface area contributed by atoms with Gasteiger partial charge in [0.15, 0.2) is 0 Å². The molecule has 8 nitrogen and oxygen atoms in total. The van der Waals surface area contributed by atoms with Crippen molar-refractivity contribution in [3.63, 3.8) is 0 Å². The van der Waals surface area contributed by atoms with Crippen molar-refractivity contribution in [1.29, 1.82) is 0 Å². The van der Waals surface area contributed by atoms with Gasteiger partial charge in [-0.15, -0.1) is 0 Å². The van der Waals surface area contributed by atoms with Gasteiger partial charge in [0.25, 0.3) is 0 Å². The Labute approximate surface area is 149 Å². The summed E-state index contributed by atoms with van der Waals surface area (Å²) in [5.74, 6) is -0.667. The van der Waals surface area contributed by atoms with Gasteiger partial charge in [0.1, 0.15) is 11.2 Å². The first-order chi connectivity index (χ1) is 11.3. The van der Waals surface area contributed by atoms with E-state index in [0.29, 0.717) is 6.54 Å². The van der Waals surface area contributed by atoms with E-state index in [0.717, 1.165) is 0 Å². The number of carbonyl (C=O) groups excluding carboxylic acids is 3. The average Bonchev–Trinajstić information content (AvgIpc) is 2.77. The van der Waals surface area contributed by atoms with Crippen LogP contribution in [-0.2, 0) is 19.0 Å². The van der Waals surface area contributed by atoms with Crippen molar-refractivity contribution in [2.75, 3.05) is 20.2 Å². The van der Waals surface area contributed by atoms with E-state index in [4.69, 9.17) is 14.2 Å². The number of likely N-dealkylation sites (tertiary alicyclic amines) is 1. The van der Waals surface area contributed by atoms with Crippen LogP contribution in [0.3, 0.4) is 0 Å². The third-order valence-corrected chi connectivity index (χ3v) is 3.45. The molecule has 1 heterocycles. The standard InChI is InChI=1S/C17H30N2O6/c1-16(2,3)24-14(21)18-12-10-19(15(22)25-17(4,5)6)9-11(12)8-13(20)23-7/h11-12H,8-10H2,1-7H3,(H,18,21)/t11-,12+/m0/s1. The number of rotatable bonds is 3. The van der Waals surface area contributed by atoms with Crippen LogP contribution in [0.25, 0.3) is 0 Å². The van der Waals surface area contributed by atoms with E-state index >= 15 is 0 Å². The van der Waals surface area contributed by atoms with Gasteiger partial charge >= 0.3 is 18.2 Å². The molecule has 1 aliphatic rings. The summed E-state index contributed by atoms with van der Waals surface area (Å²) in [7, 11) is 1.30. The summed E-state index contributed by atoms with van der Waals surface area (Å²) in [6.07, 6.45) is -0.967. The highest BCUT2D eigenvalue weighted by atomic mass is 16.6. The molecule has 1 rings (SSSR count). The zero-order valence-electron chi connectivity index (χ0n) is 16.2. The Morgan fingerprint density at radius 1 is 1.00 bits per heavy atom. The molecule has 2 amide bonds. The maximum atomic E-state index is 12.3. The lowest BCUT2D eigenvalue weighted by Gasteiger charge is -2.25. The Morgan fingerprint density at radius 2 is 1.56 bits per heavy atom. The van der Waals surface area contributed by atoms with Crippen molar-refractivity contribution in [3.05, 3.63) is 0 Å². The highest BCUT2D eigenvalue weighted by molar-refractivity contribution is 5.72. The maximum absolute atomic E-state index is 12.3. The van der Waals surface area contributed by atoms with Gasteiger partial charge in [0.05, 0.1) is 19.6 Å². The molecular weight excluding hydrogens is 328 g/mol. The minimum Gasteiger partial charge on any atom is -0.469 e. The molecule has 8 heteroatoms. The number of nitrogens with one attached hydrogen (secondary N) is 1. The second kappa shape index (κ2) is 7.93. The quantitative estimate of drug-likeness (QED) is 0.614. The Hall–Kier alpha value is -1.99. The normalized spacial score (nSPS) is 20.8. The summed E-state index contributed by atoms with van der Waals surface area (Å²) in [6, 6.07) is -0.415. The Bertz CT molecular complexity index is 506. The summed E-state index contributed by atoms with van der Waals surface area (Å²) in [5, 5.41) is 2.74. The van der Waals surface area contributed by atoms with Gasteiger partial charge in [-0.25, -0.2) is 9.59 Å². The zero-order valence-corrected chi connectivity index (χ0v) is 16.2. The van der Waals surface area contributed by atoms with Crippen molar-refractivity contribution < 1.29 is 28.6 Å². The van der Waals surface area contributed by atoms with Crippen LogP contribution in [0.4, 0.5) is 9.59 Å². The average molecular weight is 358 g/mol. The third-order valence-electron chi connectivity index (χ3n) is 3.45. The lowest BCUT2D eigenvalue weighted by atomic mass is 10.00. The van der Waals surface area contributed by atoms with Gasteiger partial charge in [-0.2, -0.15) is 0 Å². The van der Waals surface area contributed by atoms with Crippen molar-refractivity contribution in [2.45, 2.75) is 65.2 Å². The van der Waals surface area contributed by atoms with Crippen LogP contribution in [0.5, 0.6) is 0 Å². The summed E-state index contributed by atoms with van der Waals surface area (Å²) in [4.78, 5) is 37.4. The number of hydrogen-bond acceptors (Lipinski definition) is 6. The van der Waals surface area contributed by atoms with E-state index in [-0.39, 0.29) is 18.9 Å². The van der Waals surface area contributed by atoms with E-state index in [9.17, 15) is 14.4 Å². The van der Waals surface area contributed by atoms with Crippen molar-refractivity contribution >= 4 is 18.2 Å². The van der Waals surface area contributed by atoms with E-state index in [1.165, 1.54) is 12.0 Å². The number of ether oxygens (including phenoxy) is 3. The molecule has 1 fully saturated rings. The molecule has 0 spiro atoms. The van der Waals surface area contributed by atoms with Crippen LogP contribution in [0.1, 0.15) is 48.0 Å². The highest BCUT2D eigenvalue weighted by Crippen LogP contribution is 2.23. The minimum atomic E-state index is -0.634. The Balaban J connectivity index is 2.78. The summed E-state index contributed by atoms with van der Waals surface area (Å²) in [6.45, 7) is 11.2.